The Bertz CT molecular complexity index is 734. The van der Waals surface area contributed by atoms with Crippen LogP contribution in [0, 0.1) is 0 Å². The van der Waals surface area contributed by atoms with Crippen molar-refractivity contribution in [1.29, 1.82) is 0 Å². The van der Waals surface area contributed by atoms with E-state index in [1.807, 2.05) is 26.8 Å². The van der Waals surface area contributed by atoms with Crippen molar-refractivity contribution < 1.29 is 19.5 Å². The van der Waals surface area contributed by atoms with Crippen LogP contribution in [0.25, 0.3) is 0 Å². The van der Waals surface area contributed by atoms with Crippen LogP contribution in [0.2, 0.25) is 0 Å². The zero-order valence-corrected chi connectivity index (χ0v) is 17.0. The van der Waals surface area contributed by atoms with Crippen molar-refractivity contribution in [2.75, 3.05) is 42.9 Å². The minimum atomic E-state index is -1.08. The molecule has 1 aromatic rings. The third-order valence-electron chi connectivity index (χ3n) is 4.45. The van der Waals surface area contributed by atoms with Gasteiger partial charge in [-0.25, -0.2) is 4.79 Å². The molecule has 0 aliphatic carbocycles. The van der Waals surface area contributed by atoms with Crippen LogP contribution < -0.4 is 15.5 Å². The maximum Gasteiger partial charge on any atom is 0.337 e. The zero-order chi connectivity index (χ0) is 20.9. The van der Waals surface area contributed by atoms with Crippen LogP contribution in [-0.2, 0) is 9.59 Å². The number of rotatable bonds is 6. The smallest absolute Gasteiger partial charge is 0.337 e. The lowest BCUT2D eigenvalue weighted by atomic mass is 10.1. The summed E-state index contributed by atoms with van der Waals surface area (Å²) in [7, 11) is 0. The van der Waals surface area contributed by atoms with E-state index in [1.54, 1.807) is 19.1 Å². The third-order valence-corrected chi connectivity index (χ3v) is 4.45. The second-order valence-corrected chi connectivity index (χ2v) is 8.00. The normalized spacial score (nSPS) is 15.2. The van der Waals surface area contributed by atoms with Crippen LogP contribution in [0.1, 0.15) is 44.5 Å². The van der Waals surface area contributed by atoms with E-state index in [9.17, 15) is 19.5 Å². The van der Waals surface area contributed by atoms with Gasteiger partial charge in [-0.15, -0.1) is 0 Å². The summed E-state index contributed by atoms with van der Waals surface area (Å²) in [5.41, 5.74) is 0.929. The number of carboxylic acids is 1. The van der Waals surface area contributed by atoms with E-state index in [-0.39, 0.29) is 29.3 Å². The average Bonchev–Trinajstić information content (AvgIpc) is 2.60. The Kier molecular flexibility index (Phi) is 7.01. The van der Waals surface area contributed by atoms with Gasteiger partial charge in [0.1, 0.15) is 0 Å². The molecule has 0 radical (unpaired) electrons. The molecule has 0 atom stereocenters. The Hall–Kier alpha value is -2.61. The van der Waals surface area contributed by atoms with Gasteiger partial charge in [-0.2, -0.15) is 0 Å². The summed E-state index contributed by atoms with van der Waals surface area (Å²) in [6, 6.07) is 5.05. The molecule has 1 aliphatic rings. The first-order valence-electron chi connectivity index (χ1n) is 9.54. The molecule has 2 rings (SSSR count). The number of hydrogen-bond acceptors (Lipinski definition) is 5. The number of carboxylic acid groups (broad SMARTS) is 1. The highest BCUT2D eigenvalue weighted by molar-refractivity contribution is 6.01. The van der Waals surface area contributed by atoms with Gasteiger partial charge < -0.3 is 20.6 Å². The van der Waals surface area contributed by atoms with Crippen LogP contribution in [-0.4, -0.2) is 66.1 Å². The van der Waals surface area contributed by atoms with Crippen LogP contribution in [0.4, 0.5) is 11.4 Å². The quantitative estimate of drug-likeness (QED) is 0.684. The lowest BCUT2D eigenvalue weighted by Gasteiger charge is -2.36. The van der Waals surface area contributed by atoms with Gasteiger partial charge >= 0.3 is 5.97 Å². The van der Waals surface area contributed by atoms with Crippen molar-refractivity contribution in [2.24, 2.45) is 0 Å². The summed E-state index contributed by atoms with van der Waals surface area (Å²) in [6.45, 7) is 10.8. The summed E-state index contributed by atoms with van der Waals surface area (Å²) in [5.74, 6) is -1.30. The Morgan fingerprint density at radius 1 is 1.07 bits per heavy atom. The number of hydrogen-bond donors (Lipinski definition) is 3. The van der Waals surface area contributed by atoms with Gasteiger partial charge in [0.25, 0.3) is 0 Å². The Morgan fingerprint density at radius 2 is 1.71 bits per heavy atom. The molecule has 1 aliphatic heterocycles. The first-order chi connectivity index (χ1) is 13.1. The van der Waals surface area contributed by atoms with E-state index in [2.05, 4.69) is 20.4 Å². The first-order valence-corrected chi connectivity index (χ1v) is 9.54. The van der Waals surface area contributed by atoms with Crippen molar-refractivity contribution >= 4 is 29.2 Å². The number of piperazine rings is 1. The van der Waals surface area contributed by atoms with E-state index < -0.39 is 5.97 Å². The molecule has 8 heteroatoms. The zero-order valence-electron chi connectivity index (χ0n) is 17.0. The second-order valence-electron chi connectivity index (χ2n) is 8.00. The molecule has 1 fully saturated rings. The predicted molar refractivity (Wildman–Crippen MR) is 109 cm³/mol. The molecule has 0 bridgehead atoms. The molecular formula is C20H30N4O4. The fourth-order valence-electron chi connectivity index (χ4n) is 3.08. The number of aromatic carboxylic acids is 1. The fraction of sp³-hybridized carbons (Fsp3) is 0.550. The highest BCUT2D eigenvalue weighted by atomic mass is 16.4. The number of nitrogens with zero attached hydrogens (tertiary/aromatic N) is 2. The third kappa shape index (κ3) is 6.23. The summed E-state index contributed by atoms with van der Waals surface area (Å²) in [5, 5.41) is 15.1. The first kappa shape index (κ1) is 21.7. The maximum absolute atomic E-state index is 12.1. The molecule has 8 nitrogen and oxygen atoms in total. The summed E-state index contributed by atoms with van der Waals surface area (Å²) in [6.07, 6.45) is 0.283. The van der Waals surface area contributed by atoms with Gasteiger partial charge in [0.15, 0.2) is 0 Å². The molecule has 1 heterocycles. The molecule has 0 aromatic heterocycles. The number of carbonyl (C=O) groups is 3. The number of nitrogens with one attached hydrogen (secondary N) is 2. The SMILES string of the molecule is CCC(=O)Nc1ccc(N2CCN(CC(=O)NC(C)(C)C)CC2)cc1C(=O)O. The Labute approximate surface area is 165 Å². The van der Waals surface area contributed by atoms with E-state index in [0.717, 1.165) is 5.69 Å². The van der Waals surface area contributed by atoms with Gasteiger partial charge in [0.2, 0.25) is 11.8 Å². The Balaban J connectivity index is 2.00. The molecule has 0 unspecified atom stereocenters. The summed E-state index contributed by atoms with van der Waals surface area (Å²) in [4.78, 5) is 39.5. The number of anilines is 2. The second kappa shape index (κ2) is 9.05. The van der Waals surface area contributed by atoms with Crippen molar-refractivity contribution in [3.63, 3.8) is 0 Å². The summed E-state index contributed by atoms with van der Waals surface area (Å²) < 4.78 is 0. The van der Waals surface area contributed by atoms with Crippen LogP contribution in [0.5, 0.6) is 0 Å². The van der Waals surface area contributed by atoms with Crippen LogP contribution >= 0.6 is 0 Å². The molecule has 0 saturated carbocycles. The standard InChI is InChI=1S/C20H30N4O4/c1-5-17(25)21-16-7-6-14(12-15(16)19(27)28)24-10-8-23(9-11-24)13-18(26)22-20(2,3)4/h6-7,12H,5,8-11,13H2,1-4H3,(H,21,25)(H,22,26)(H,27,28). The topological polar surface area (TPSA) is 102 Å². The molecule has 0 spiro atoms. The maximum atomic E-state index is 12.1. The van der Waals surface area contributed by atoms with Crippen molar-refractivity contribution in [3.05, 3.63) is 23.8 Å². The number of carbonyl (C=O) groups excluding carboxylic acids is 2. The number of benzene rings is 1. The van der Waals surface area contributed by atoms with Crippen LogP contribution in [0.3, 0.4) is 0 Å². The number of amides is 2. The van der Waals surface area contributed by atoms with Gasteiger partial charge in [0, 0.05) is 43.8 Å². The van der Waals surface area contributed by atoms with Crippen molar-refractivity contribution in [2.45, 2.75) is 39.7 Å². The van der Waals surface area contributed by atoms with Gasteiger partial charge in [-0.05, 0) is 39.0 Å². The van der Waals surface area contributed by atoms with Gasteiger partial charge in [0.05, 0.1) is 17.8 Å². The van der Waals surface area contributed by atoms with E-state index in [4.69, 9.17) is 0 Å². The molecule has 2 amide bonds. The van der Waals surface area contributed by atoms with Crippen molar-refractivity contribution in [1.82, 2.24) is 10.2 Å². The molecule has 1 saturated heterocycles. The lowest BCUT2D eigenvalue weighted by molar-refractivity contribution is -0.123. The highest BCUT2D eigenvalue weighted by Gasteiger charge is 2.22. The fourth-order valence-corrected chi connectivity index (χ4v) is 3.08. The summed E-state index contributed by atoms with van der Waals surface area (Å²) >= 11 is 0. The molecule has 3 N–H and O–H groups in total. The van der Waals surface area contributed by atoms with Gasteiger partial charge in [-0.1, -0.05) is 6.92 Å². The average molecular weight is 390 g/mol. The molecule has 28 heavy (non-hydrogen) atoms. The molecular weight excluding hydrogens is 360 g/mol. The van der Waals surface area contributed by atoms with Crippen molar-refractivity contribution in [3.8, 4) is 0 Å². The minimum Gasteiger partial charge on any atom is -0.478 e. The van der Waals surface area contributed by atoms with E-state index in [1.165, 1.54) is 0 Å². The van der Waals surface area contributed by atoms with Crippen LogP contribution in [0.15, 0.2) is 18.2 Å². The predicted octanol–water partition coefficient (Wildman–Crippen LogP) is 1.77. The molecule has 1 aromatic carbocycles. The molecule has 154 valence electrons. The largest absolute Gasteiger partial charge is 0.478 e. The Morgan fingerprint density at radius 3 is 2.25 bits per heavy atom. The van der Waals surface area contributed by atoms with E-state index >= 15 is 0 Å². The van der Waals surface area contributed by atoms with Gasteiger partial charge in [-0.3, -0.25) is 14.5 Å². The van der Waals surface area contributed by atoms with E-state index in [0.29, 0.717) is 38.4 Å². The minimum absolute atomic E-state index is 0.00475. The monoisotopic (exact) mass is 390 g/mol. The highest BCUT2D eigenvalue weighted by Crippen LogP contribution is 2.25. The lowest BCUT2D eigenvalue weighted by Crippen LogP contribution is -2.51.